The average Bonchev–Trinajstić information content (AvgIpc) is 2.96. The molecule has 2 rings (SSSR count). The lowest BCUT2D eigenvalue weighted by Gasteiger charge is -2.18. The first-order valence-electron chi connectivity index (χ1n) is 6.22. The minimum Gasteiger partial charge on any atom is -0.356 e. The maximum absolute atomic E-state index is 11.8. The maximum Gasteiger partial charge on any atom is 0.223 e. The van der Waals surface area contributed by atoms with Crippen molar-refractivity contribution in [1.29, 1.82) is 0 Å². The van der Waals surface area contributed by atoms with Gasteiger partial charge in [-0.15, -0.1) is 11.6 Å². The molecule has 3 atom stereocenters. The molecule has 2 aliphatic rings. The van der Waals surface area contributed by atoms with Gasteiger partial charge in [0.2, 0.25) is 5.91 Å². The Bertz CT molecular complexity index is 243. The second kappa shape index (κ2) is 6.15. The molecule has 16 heavy (non-hydrogen) atoms. The lowest BCUT2D eigenvalue weighted by atomic mass is 9.97. The summed E-state index contributed by atoms with van der Waals surface area (Å²) >= 11 is 7.82. The molecule has 2 nitrogen and oxygen atoms in total. The first-order chi connectivity index (χ1) is 7.81. The minimum atomic E-state index is 0.265. The van der Waals surface area contributed by atoms with Gasteiger partial charge in [0.15, 0.2) is 0 Å². The summed E-state index contributed by atoms with van der Waals surface area (Å²) in [6, 6.07) is 0. The molecule has 0 aromatic rings. The molecule has 1 saturated carbocycles. The molecule has 0 aromatic heterocycles. The third kappa shape index (κ3) is 3.07. The lowest BCUT2D eigenvalue weighted by Crippen LogP contribution is -2.35. The zero-order chi connectivity index (χ0) is 11.4. The number of alkyl halides is 1. The van der Waals surface area contributed by atoms with E-state index >= 15 is 0 Å². The van der Waals surface area contributed by atoms with Crippen molar-refractivity contribution < 1.29 is 4.79 Å². The van der Waals surface area contributed by atoms with E-state index in [0.717, 1.165) is 30.4 Å². The van der Waals surface area contributed by atoms with Crippen molar-refractivity contribution in [3.05, 3.63) is 0 Å². The monoisotopic (exact) mass is 261 g/mol. The predicted molar refractivity (Wildman–Crippen MR) is 70.0 cm³/mol. The number of thioether (sulfide) groups is 1. The largest absolute Gasteiger partial charge is 0.356 e. The Morgan fingerprint density at radius 2 is 2.12 bits per heavy atom. The van der Waals surface area contributed by atoms with Crippen LogP contribution in [-0.2, 0) is 4.79 Å². The molecule has 0 aromatic carbocycles. The summed E-state index contributed by atoms with van der Waals surface area (Å²) in [6.07, 6.45) is 4.80. The maximum atomic E-state index is 11.8. The van der Waals surface area contributed by atoms with E-state index in [4.69, 9.17) is 11.6 Å². The first-order valence-corrected chi connectivity index (χ1v) is 7.91. The summed E-state index contributed by atoms with van der Waals surface area (Å²) in [7, 11) is 0. The molecule has 1 aliphatic heterocycles. The number of nitrogens with one attached hydrogen (secondary N) is 1. The van der Waals surface area contributed by atoms with Crippen LogP contribution < -0.4 is 5.32 Å². The van der Waals surface area contributed by atoms with Gasteiger partial charge in [-0.2, -0.15) is 11.8 Å². The van der Waals surface area contributed by atoms with Crippen LogP contribution in [0.15, 0.2) is 0 Å². The van der Waals surface area contributed by atoms with Crippen molar-refractivity contribution in [1.82, 2.24) is 5.32 Å². The summed E-state index contributed by atoms with van der Waals surface area (Å²) in [4.78, 5) is 11.8. The molecule has 92 valence electrons. The van der Waals surface area contributed by atoms with Crippen molar-refractivity contribution in [2.75, 3.05) is 23.9 Å². The Morgan fingerprint density at radius 1 is 1.31 bits per heavy atom. The van der Waals surface area contributed by atoms with Gasteiger partial charge < -0.3 is 5.32 Å². The zero-order valence-corrected chi connectivity index (χ0v) is 11.2. The normalized spacial score (nSPS) is 34.2. The lowest BCUT2D eigenvalue weighted by molar-refractivity contribution is -0.124. The SMILES string of the molecule is O=C(NCC1CCCC1CCl)C1CCSC1. The van der Waals surface area contributed by atoms with Gasteiger partial charge in [0.05, 0.1) is 0 Å². The number of carbonyl (C=O) groups excluding carboxylic acids is 1. The molecule has 0 spiro atoms. The highest BCUT2D eigenvalue weighted by Crippen LogP contribution is 2.32. The summed E-state index contributed by atoms with van der Waals surface area (Å²) in [6.45, 7) is 0.845. The summed E-state index contributed by atoms with van der Waals surface area (Å²) in [5.41, 5.74) is 0. The van der Waals surface area contributed by atoms with Gasteiger partial charge in [0.25, 0.3) is 0 Å². The molecule has 1 aliphatic carbocycles. The zero-order valence-electron chi connectivity index (χ0n) is 9.58. The number of rotatable bonds is 4. The molecular formula is C12H20ClNOS. The Hall–Kier alpha value is 0.110. The van der Waals surface area contributed by atoms with E-state index in [1.54, 1.807) is 0 Å². The molecule has 1 heterocycles. The molecule has 0 bridgehead atoms. The minimum absolute atomic E-state index is 0.265. The van der Waals surface area contributed by atoms with Gasteiger partial charge in [-0.05, 0) is 36.9 Å². The van der Waals surface area contributed by atoms with Crippen LogP contribution >= 0.6 is 23.4 Å². The Labute approximate surface area is 107 Å². The molecule has 0 radical (unpaired) electrons. The number of halogens is 1. The van der Waals surface area contributed by atoms with Crippen molar-refractivity contribution in [2.24, 2.45) is 17.8 Å². The van der Waals surface area contributed by atoms with E-state index in [9.17, 15) is 4.79 Å². The standard InChI is InChI=1S/C12H20ClNOS/c13-6-9-2-1-3-10(9)7-14-12(15)11-4-5-16-8-11/h9-11H,1-8H2,(H,14,15). The summed E-state index contributed by atoms with van der Waals surface area (Å²) in [5.74, 6) is 4.68. The highest BCUT2D eigenvalue weighted by Gasteiger charge is 2.28. The van der Waals surface area contributed by atoms with Crippen LogP contribution in [0.5, 0.6) is 0 Å². The third-order valence-corrected chi connectivity index (χ3v) is 5.41. The molecular weight excluding hydrogens is 242 g/mol. The Balaban J connectivity index is 1.71. The predicted octanol–water partition coefficient (Wildman–Crippen LogP) is 2.51. The number of carbonyl (C=O) groups is 1. The quantitative estimate of drug-likeness (QED) is 0.788. The average molecular weight is 262 g/mol. The van der Waals surface area contributed by atoms with Crippen molar-refractivity contribution in [3.63, 3.8) is 0 Å². The van der Waals surface area contributed by atoms with Crippen LogP contribution in [0.3, 0.4) is 0 Å². The van der Waals surface area contributed by atoms with E-state index in [1.807, 2.05) is 11.8 Å². The van der Waals surface area contributed by atoms with E-state index in [0.29, 0.717) is 11.8 Å². The van der Waals surface area contributed by atoms with Crippen molar-refractivity contribution in [2.45, 2.75) is 25.7 Å². The van der Waals surface area contributed by atoms with Gasteiger partial charge in [-0.1, -0.05) is 6.42 Å². The van der Waals surface area contributed by atoms with Gasteiger partial charge in [0, 0.05) is 24.1 Å². The molecule has 1 amide bonds. The topological polar surface area (TPSA) is 29.1 Å². The van der Waals surface area contributed by atoms with Gasteiger partial charge in [0.1, 0.15) is 0 Å². The van der Waals surface area contributed by atoms with Crippen molar-refractivity contribution in [3.8, 4) is 0 Å². The van der Waals surface area contributed by atoms with E-state index < -0.39 is 0 Å². The van der Waals surface area contributed by atoms with E-state index in [-0.39, 0.29) is 11.8 Å². The smallest absolute Gasteiger partial charge is 0.223 e. The van der Waals surface area contributed by atoms with Crippen LogP contribution in [0.25, 0.3) is 0 Å². The van der Waals surface area contributed by atoms with Crippen LogP contribution in [0, 0.1) is 17.8 Å². The fourth-order valence-electron chi connectivity index (χ4n) is 2.70. The number of amides is 1. The van der Waals surface area contributed by atoms with E-state index in [2.05, 4.69) is 5.32 Å². The second-order valence-electron chi connectivity index (χ2n) is 4.91. The van der Waals surface area contributed by atoms with Gasteiger partial charge >= 0.3 is 0 Å². The Kier molecular flexibility index (Phi) is 4.83. The molecule has 1 saturated heterocycles. The second-order valence-corrected chi connectivity index (χ2v) is 6.37. The van der Waals surface area contributed by atoms with Crippen LogP contribution in [-0.4, -0.2) is 29.8 Å². The number of hydrogen-bond donors (Lipinski definition) is 1. The summed E-state index contributed by atoms with van der Waals surface area (Å²) < 4.78 is 0. The van der Waals surface area contributed by atoms with Crippen molar-refractivity contribution >= 4 is 29.3 Å². The van der Waals surface area contributed by atoms with Crippen LogP contribution in [0.4, 0.5) is 0 Å². The summed E-state index contributed by atoms with van der Waals surface area (Å²) in [5, 5.41) is 3.12. The van der Waals surface area contributed by atoms with Gasteiger partial charge in [-0.3, -0.25) is 4.79 Å². The fourth-order valence-corrected chi connectivity index (χ4v) is 4.33. The fraction of sp³-hybridized carbons (Fsp3) is 0.917. The third-order valence-electron chi connectivity index (χ3n) is 3.85. The van der Waals surface area contributed by atoms with Gasteiger partial charge in [-0.25, -0.2) is 0 Å². The number of hydrogen-bond acceptors (Lipinski definition) is 2. The Morgan fingerprint density at radius 3 is 2.81 bits per heavy atom. The highest BCUT2D eigenvalue weighted by atomic mass is 35.5. The molecule has 3 unspecified atom stereocenters. The highest BCUT2D eigenvalue weighted by molar-refractivity contribution is 7.99. The van der Waals surface area contributed by atoms with E-state index in [1.165, 1.54) is 19.3 Å². The van der Waals surface area contributed by atoms with Crippen LogP contribution in [0.2, 0.25) is 0 Å². The molecule has 1 N–H and O–H groups in total. The first kappa shape index (κ1) is 12.6. The molecule has 2 fully saturated rings. The van der Waals surface area contributed by atoms with Crippen LogP contribution in [0.1, 0.15) is 25.7 Å². The molecule has 4 heteroatoms.